The zero-order chi connectivity index (χ0) is 13.9. The van der Waals surface area contributed by atoms with E-state index in [0.717, 1.165) is 52.0 Å². The molecule has 2 saturated heterocycles. The van der Waals surface area contributed by atoms with Crippen molar-refractivity contribution < 1.29 is 9.53 Å². The quantitative estimate of drug-likeness (QED) is 0.830. The van der Waals surface area contributed by atoms with Crippen LogP contribution < -0.4 is 5.32 Å². The molecule has 4 heteroatoms. The van der Waals surface area contributed by atoms with Crippen LogP contribution in [0.15, 0.2) is 0 Å². The molecule has 1 amide bonds. The van der Waals surface area contributed by atoms with Gasteiger partial charge in [0.05, 0.1) is 0 Å². The summed E-state index contributed by atoms with van der Waals surface area (Å²) in [4.78, 5) is 14.2. The topological polar surface area (TPSA) is 41.6 Å². The predicted octanol–water partition coefficient (Wildman–Crippen LogP) is 1.79. The average Bonchev–Trinajstić information content (AvgIpc) is 2.39. The Morgan fingerprint density at radius 1 is 1.05 bits per heavy atom. The predicted molar refractivity (Wildman–Crippen MR) is 76.0 cm³/mol. The SMILES string of the molecule is CC(C)(C)C(=O)N1CCC(NC2CCOCC2)CC1. The van der Waals surface area contributed by atoms with Crippen molar-refractivity contribution in [2.45, 2.75) is 58.5 Å². The molecule has 0 spiro atoms. The normalized spacial score (nSPS) is 23.6. The van der Waals surface area contributed by atoms with E-state index in [2.05, 4.69) is 5.32 Å². The van der Waals surface area contributed by atoms with E-state index >= 15 is 0 Å². The van der Waals surface area contributed by atoms with E-state index in [9.17, 15) is 4.79 Å². The van der Waals surface area contributed by atoms with Gasteiger partial charge in [0, 0.05) is 43.8 Å². The maximum Gasteiger partial charge on any atom is 0.227 e. The fraction of sp³-hybridized carbons (Fsp3) is 0.933. The molecule has 19 heavy (non-hydrogen) atoms. The number of nitrogens with one attached hydrogen (secondary N) is 1. The van der Waals surface area contributed by atoms with Crippen LogP contribution in [0, 0.1) is 5.41 Å². The van der Waals surface area contributed by atoms with Crippen molar-refractivity contribution in [3.05, 3.63) is 0 Å². The van der Waals surface area contributed by atoms with E-state index in [0.29, 0.717) is 12.1 Å². The Kier molecular flexibility index (Phi) is 4.85. The van der Waals surface area contributed by atoms with Crippen LogP contribution in [0.1, 0.15) is 46.5 Å². The number of amides is 1. The summed E-state index contributed by atoms with van der Waals surface area (Å²) in [5.41, 5.74) is -0.249. The molecule has 110 valence electrons. The summed E-state index contributed by atoms with van der Waals surface area (Å²) in [5.74, 6) is 0.289. The van der Waals surface area contributed by atoms with E-state index in [1.165, 1.54) is 0 Å². The Morgan fingerprint density at radius 2 is 1.58 bits per heavy atom. The first-order valence-electron chi connectivity index (χ1n) is 7.60. The third kappa shape index (κ3) is 4.18. The Morgan fingerprint density at radius 3 is 2.11 bits per heavy atom. The number of hydrogen-bond donors (Lipinski definition) is 1. The first kappa shape index (κ1) is 14.8. The molecular weight excluding hydrogens is 240 g/mol. The van der Waals surface area contributed by atoms with E-state index in [1.807, 2.05) is 25.7 Å². The molecule has 0 atom stereocenters. The zero-order valence-electron chi connectivity index (χ0n) is 12.6. The molecule has 0 unspecified atom stereocenters. The highest BCUT2D eigenvalue weighted by Gasteiger charge is 2.30. The van der Waals surface area contributed by atoms with Crippen LogP contribution in [0.5, 0.6) is 0 Å². The number of hydrogen-bond acceptors (Lipinski definition) is 3. The van der Waals surface area contributed by atoms with Gasteiger partial charge in [-0.2, -0.15) is 0 Å². The first-order chi connectivity index (χ1) is 8.97. The van der Waals surface area contributed by atoms with Crippen LogP contribution in [0.25, 0.3) is 0 Å². The molecule has 2 aliphatic heterocycles. The second kappa shape index (κ2) is 6.23. The standard InChI is InChI=1S/C15H28N2O2/c1-15(2,3)14(18)17-8-4-12(5-9-17)16-13-6-10-19-11-7-13/h12-13,16H,4-11H2,1-3H3. The molecule has 0 saturated carbocycles. The number of ether oxygens (including phenoxy) is 1. The van der Waals surface area contributed by atoms with Gasteiger partial charge in [-0.05, 0) is 25.7 Å². The molecule has 0 aromatic carbocycles. The van der Waals surface area contributed by atoms with Crippen LogP contribution in [0.2, 0.25) is 0 Å². The van der Waals surface area contributed by atoms with Gasteiger partial charge in [0.2, 0.25) is 5.91 Å². The van der Waals surface area contributed by atoms with Crippen LogP contribution >= 0.6 is 0 Å². The lowest BCUT2D eigenvalue weighted by Gasteiger charge is -2.38. The van der Waals surface area contributed by atoms with Crippen molar-refractivity contribution in [2.24, 2.45) is 5.41 Å². The monoisotopic (exact) mass is 268 g/mol. The third-order valence-electron chi connectivity index (χ3n) is 4.12. The number of carbonyl (C=O) groups is 1. The maximum absolute atomic E-state index is 12.2. The van der Waals surface area contributed by atoms with Gasteiger partial charge in [-0.3, -0.25) is 4.79 Å². The molecule has 0 aromatic rings. The summed E-state index contributed by atoms with van der Waals surface area (Å²) in [6.07, 6.45) is 4.42. The molecule has 4 nitrogen and oxygen atoms in total. The largest absolute Gasteiger partial charge is 0.381 e. The maximum atomic E-state index is 12.2. The number of carbonyl (C=O) groups excluding carboxylic acids is 1. The van der Waals surface area contributed by atoms with Crippen molar-refractivity contribution in [3.8, 4) is 0 Å². The minimum atomic E-state index is -0.249. The van der Waals surface area contributed by atoms with Gasteiger partial charge in [0.15, 0.2) is 0 Å². The minimum absolute atomic E-state index is 0.249. The lowest BCUT2D eigenvalue weighted by atomic mass is 9.92. The lowest BCUT2D eigenvalue weighted by Crippen LogP contribution is -2.50. The number of rotatable bonds is 2. The van der Waals surface area contributed by atoms with Crippen molar-refractivity contribution in [3.63, 3.8) is 0 Å². The smallest absolute Gasteiger partial charge is 0.227 e. The van der Waals surface area contributed by atoms with Crippen LogP contribution in [-0.2, 0) is 9.53 Å². The van der Waals surface area contributed by atoms with E-state index < -0.39 is 0 Å². The van der Waals surface area contributed by atoms with Crippen molar-refractivity contribution >= 4 is 5.91 Å². The van der Waals surface area contributed by atoms with E-state index in [1.54, 1.807) is 0 Å². The molecule has 1 N–H and O–H groups in total. The molecular formula is C15H28N2O2. The molecule has 2 rings (SSSR count). The minimum Gasteiger partial charge on any atom is -0.381 e. The molecule has 0 radical (unpaired) electrons. The number of likely N-dealkylation sites (tertiary alicyclic amines) is 1. The average molecular weight is 268 g/mol. The van der Waals surface area contributed by atoms with Gasteiger partial charge in [0.1, 0.15) is 0 Å². The second-order valence-corrected chi connectivity index (χ2v) is 6.87. The summed E-state index contributed by atoms with van der Waals surface area (Å²) >= 11 is 0. The molecule has 2 fully saturated rings. The van der Waals surface area contributed by atoms with Crippen molar-refractivity contribution in [1.82, 2.24) is 10.2 Å². The van der Waals surface area contributed by atoms with Gasteiger partial charge in [0.25, 0.3) is 0 Å². The molecule has 2 heterocycles. The fourth-order valence-electron chi connectivity index (χ4n) is 2.92. The molecule has 2 aliphatic rings. The summed E-state index contributed by atoms with van der Waals surface area (Å²) in [7, 11) is 0. The molecule has 0 aliphatic carbocycles. The van der Waals surface area contributed by atoms with Gasteiger partial charge in [-0.15, -0.1) is 0 Å². The van der Waals surface area contributed by atoms with Gasteiger partial charge in [-0.1, -0.05) is 20.8 Å². The first-order valence-corrected chi connectivity index (χ1v) is 7.60. The van der Waals surface area contributed by atoms with Gasteiger partial charge in [-0.25, -0.2) is 0 Å². The third-order valence-corrected chi connectivity index (χ3v) is 4.12. The van der Waals surface area contributed by atoms with Crippen LogP contribution in [0.3, 0.4) is 0 Å². The Hall–Kier alpha value is -0.610. The summed E-state index contributed by atoms with van der Waals surface area (Å²) in [6.45, 7) is 9.58. The summed E-state index contributed by atoms with van der Waals surface area (Å²) in [6, 6.07) is 1.19. The van der Waals surface area contributed by atoms with Crippen LogP contribution in [0.4, 0.5) is 0 Å². The van der Waals surface area contributed by atoms with Crippen molar-refractivity contribution in [1.29, 1.82) is 0 Å². The number of piperidine rings is 1. The highest BCUT2D eigenvalue weighted by atomic mass is 16.5. The molecule has 0 bridgehead atoms. The second-order valence-electron chi connectivity index (χ2n) is 6.87. The number of nitrogens with zero attached hydrogens (tertiary/aromatic N) is 1. The Balaban J connectivity index is 1.74. The zero-order valence-corrected chi connectivity index (χ0v) is 12.6. The van der Waals surface area contributed by atoms with Gasteiger partial charge < -0.3 is 15.0 Å². The summed E-state index contributed by atoms with van der Waals surface area (Å²) in [5, 5.41) is 3.74. The van der Waals surface area contributed by atoms with E-state index in [-0.39, 0.29) is 11.3 Å². The highest BCUT2D eigenvalue weighted by Crippen LogP contribution is 2.21. The Bertz CT molecular complexity index is 298. The molecule has 0 aromatic heterocycles. The summed E-state index contributed by atoms with van der Waals surface area (Å²) < 4.78 is 5.38. The van der Waals surface area contributed by atoms with E-state index in [4.69, 9.17) is 4.74 Å². The Labute approximate surface area is 116 Å². The lowest BCUT2D eigenvalue weighted by molar-refractivity contribution is -0.140. The van der Waals surface area contributed by atoms with Crippen molar-refractivity contribution in [2.75, 3.05) is 26.3 Å². The van der Waals surface area contributed by atoms with Crippen LogP contribution in [-0.4, -0.2) is 49.2 Å². The highest BCUT2D eigenvalue weighted by molar-refractivity contribution is 5.81. The van der Waals surface area contributed by atoms with Gasteiger partial charge >= 0.3 is 0 Å². The fourth-order valence-corrected chi connectivity index (χ4v) is 2.92.